The Morgan fingerprint density at radius 2 is 2.08 bits per heavy atom. The maximum absolute atomic E-state index is 13.1. The number of ketones is 1. The molecule has 0 spiro atoms. The van der Waals surface area contributed by atoms with E-state index >= 15 is 0 Å². The number of terminal acetylenes is 1. The molecule has 3 rings (SSSR count). The molecule has 8 nitrogen and oxygen atoms in total. The molecule has 4 N–H and O–H groups in total. The van der Waals surface area contributed by atoms with Gasteiger partial charge in [-0.25, -0.2) is 9.37 Å². The van der Waals surface area contributed by atoms with E-state index in [1.165, 1.54) is 12.2 Å². The molecule has 200 valence electrons. The average molecular weight is 538 g/mol. The van der Waals surface area contributed by atoms with Gasteiger partial charge in [-0.15, -0.1) is 6.42 Å². The summed E-state index contributed by atoms with van der Waals surface area (Å²) in [6, 6.07) is 6.85. The number of nitrogens with zero attached hydrogens (tertiary/aromatic N) is 2. The van der Waals surface area contributed by atoms with E-state index in [1.807, 2.05) is 12.8 Å². The van der Waals surface area contributed by atoms with Gasteiger partial charge >= 0.3 is 0 Å². The smallest absolute Gasteiger partial charge is 0.251 e. The minimum absolute atomic E-state index is 0.0431. The molecule has 0 saturated heterocycles. The van der Waals surface area contributed by atoms with Gasteiger partial charge in [0.2, 0.25) is 0 Å². The lowest BCUT2D eigenvalue weighted by Gasteiger charge is -2.18. The number of benzene rings is 1. The molecule has 10 heteroatoms. The minimum atomic E-state index is -1.45. The van der Waals surface area contributed by atoms with Crippen LogP contribution in [0.2, 0.25) is 0 Å². The van der Waals surface area contributed by atoms with Crippen molar-refractivity contribution in [1.29, 1.82) is 0 Å². The van der Waals surface area contributed by atoms with E-state index in [2.05, 4.69) is 20.8 Å². The largest absolute Gasteiger partial charge is 0.382 e. The Morgan fingerprint density at radius 1 is 1.37 bits per heavy atom. The molecule has 3 unspecified atom stereocenters. The van der Waals surface area contributed by atoms with Crippen molar-refractivity contribution >= 4 is 39.7 Å². The van der Waals surface area contributed by atoms with Crippen LogP contribution in [0.1, 0.15) is 66.5 Å². The molecule has 1 aromatic carbocycles. The third kappa shape index (κ3) is 8.08. The lowest BCUT2D eigenvalue weighted by molar-refractivity contribution is 0.0936. The number of aromatic nitrogens is 1. The molecule has 1 aliphatic carbocycles. The summed E-state index contributed by atoms with van der Waals surface area (Å²) in [4.78, 5) is 40.8. The van der Waals surface area contributed by atoms with Crippen LogP contribution in [-0.4, -0.2) is 34.4 Å². The van der Waals surface area contributed by atoms with Gasteiger partial charge in [0, 0.05) is 23.2 Å². The third-order valence-electron chi connectivity index (χ3n) is 6.12. The maximum atomic E-state index is 13.1. The SMILES string of the molecule is C#CC(F)/C=C\C=C1\CC1C(=O)c1sc(Nc2ccc(C(=O)NC(C)CCCC(C)(C)N=O)cc2)nc1N. The number of nitrogens with one attached hydrogen (secondary N) is 2. The van der Waals surface area contributed by atoms with Crippen LogP contribution >= 0.6 is 11.3 Å². The lowest BCUT2D eigenvalue weighted by atomic mass is 9.97. The molecule has 1 aromatic heterocycles. The first-order valence-electron chi connectivity index (χ1n) is 12.3. The van der Waals surface area contributed by atoms with Crippen LogP contribution in [0.4, 0.5) is 21.0 Å². The Kier molecular flexibility index (Phi) is 9.53. The molecule has 1 fully saturated rings. The van der Waals surface area contributed by atoms with Crippen molar-refractivity contribution in [3.05, 3.63) is 63.4 Å². The highest BCUT2D eigenvalue weighted by molar-refractivity contribution is 7.18. The Labute approximate surface area is 226 Å². The van der Waals surface area contributed by atoms with Gasteiger partial charge in [-0.2, -0.15) is 4.91 Å². The second-order valence-corrected chi connectivity index (χ2v) is 10.9. The van der Waals surface area contributed by atoms with Crippen molar-refractivity contribution in [3.8, 4) is 12.3 Å². The van der Waals surface area contributed by atoms with Gasteiger partial charge in [-0.1, -0.05) is 40.2 Å². The van der Waals surface area contributed by atoms with Crippen LogP contribution in [0.25, 0.3) is 0 Å². The van der Waals surface area contributed by atoms with Gasteiger partial charge in [0.05, 0.1) is 5.54 Å². The number of nitrogens with two attached hydrogens (primary N) is 1. The number of amides is 1. The Morgan fingerprint density at radius 3 is 2.74 bits per heavy atom. The summed E-state index contributed by atoms with van der Waals surface area (Å²) in [6.45, 7) is 5.52. The molecule has 1 heterocycles. The zero-order valence-electron chi connectivity index (χ0n) is 21.7. The van der Waals surface area contributed by atoms with E-state index in [9.17, 15) is 18.9 Å². The number of carbonyl (C=O) groups excluding carboxylic acids is 2. The standard InChI is InChI=1S/C28H32FN5O3S/c1-5-20(29)10-6-9-19-16-22(19)23(35)24-25(30)33-27(38-24)32-21-13-11-18(12-14-21)26(36)31-17(2)8-7-15-28(3,4)34-37/h1,6,9-14,17,20,22H,7-8,15-16,30H2,2-4H3,(H,31,36)(H,32,33)/b10-6-,19-9-. The normalized spacial score (nSPS) is 17.6. The van der Waals surface area contributed by atoms with Crippen molar-refractivity contribution in [1.82, 2.24) is 10.3 Å². The van der Waals surface area contributed by atoms with Crippen LogP contribution < -0.4 is 16.4 Å². The summed E-state index contributed by atoms with van der Waals surface area (Å²) in [6.07, 6.45) is 10.8. The number of Topliss-reactive ketones (excluding diaryl/α,β-unsaturated/α-hetero) is 1. The molecule has 1 saturated carbocycles. The molecule has 0 bridgehead atoms. The third-order valence-corrected chi connectivity index (χ3v) is 7.12. The average Bonchev–Trinajstić information content (AvgIpc) is 3.57. The van der Waals surface area contributed by atoms with Gasteiger partial charge in [0.15, 0.2) is 17.1 Å². The fourth-order valence-corrected chi connectivity index (χ4v) is 4.67. The van der Waals surface area contributed by atoms with Gasteiger partial charge < -0.3 is 16.4 Å². The van der Waals surface area contributed by atoms with Crippen LogP contribution in [0.5, 0.6) is 0 Å². The second-order valence-electron chi connectivity index (χ2n) is 9.92. The second kappa shape index (κ2) is 12.6. The summed E-state index contributed by atoms with van der Waals surface area (Å²) in [5.74, 6) is 1.53. The number of hydrogen-bond donors (Lipinski definition) is 3. The van der Waals surface area contributed by atoms with Gasteiger partial charge in [0.1, 0.15) is 10.7 Å². The molecular formula is C28H32FN5O3S. The Balaban J connectivity index is 1.53. The summed E-state index contributed by atoms with van der Waals surface area (Å²) in [5.41, 5.74) is 7.50. The molecule has 1 amide bonds. The van der Waals surface area contributed by atoms with Crippen molar-refractivity contribution < 1.29 is 14.0 Å². The zero-order valence-corrected chi connectivity index (χ0v) is 22.5. The first-order valence-corrected chi connectivity index (χ1v) is 13.1. The zero-order chi connectivity index (χ0) is 27.9. The summed E-state index contributed by atoms with van der Waals surface area (Å²) >= 11 is 1.16. The van der Waals surface area contributed by atoms with Gasteiger partial charge in [0.25, 0.3) is 5.91 Å². The molecule has 1 aliphatic rings. The molecule has 2 aromatic rings. The Bertz CT molecular complexity index is 1280. The number of nitroso groups, excluding NO2 is 1. The van der Waals surface area contributed by atoms with E-state index < -0.39 is 11.7 Å². The van der Waals surface area contributed by atoms with Crippen LogP contribution in [-0.2, 0) is 0 Å². The number of thiazole rings is 1. The first-order chi connectivity index (χ1) is 18.0. The molecule has 0 aliphatic heterocycles. The van der Waals surface area contributed by atoms with Crippen molar-refractivity contribution in [2.75, 3.05) is 11.1 Å². The first kappa shape index (κ1) is 28.7. The van der Waals surface area contributed by atoms with Crippen LogP contribution in [0, 0.1) is 23.2 Å². The van der Waals surface area contributed by atoms with Gasteiger partial charge in [-0.3, -0.25) is 9.59 Å². The van der Waals surface area contributed by atoms with Crippen molar-refractivity contribution in [2.45, 2.75) is 64.2 Å². The van der Waals surface area contributed by atoms with Crippen LogP contribution in [0.3, 0.4) is 0 Å². The number of allylic oxidation sites excluding steroid dienone is 4. The predicted molar refractivity (Wildman–Crippen MR) is 150 cm³/mol. The number of nitrogen functional groups attached to an aromatic ring is 1. The number of carbonyl (C=O) groups is 2. The number of rotatable bonds is 13. The fourth-order valence-electron chi connectivity index (χ4n) is 3.77. The van der Waals surface area contributed by atoms with Crippen molar-refractivity contribution in [3.63, 3.8) is 0 Å². The maximum Gasteiger partial charge on any atom is 0.251 e. The summed E-state index contributed by atoms with van der Waals surface area (Å²) in [7, 11) is 0. The van der Waals surface area contributed by atoms with E-state index in [4.69, 9.17) is 12.2 Å². The minimum Gasteiger partial charge on any atom is -0.382 e. The quantitative estimate of drug-likeness (QED) is 0.164. The number of alkyl halides is 1. The highest BCUT2D eigenvalue weighted by atomic mass is 32.1. The fraction of sp³-hybridized carbons (Fsp3) is 0.393. The molecule has 38 heavy (non-hydrogen) atoms. The van der Waals surface area contributed by atoms with E-state index in [0.29, 0.717) is 34.1 Å². The molecular weight excluding hydrogens is 505 g/mol. The molecule has 3 atom stereocenters. The predicted octanol–water partition coefficient (Wildman–Crippen LogP) is 5.96. The summed E-state index contributed by atoms with van der Waals surface area (Å²) in [5, 5.41) is 9.67. The van der Waals surface area contributed by atoms with E-state index in [-0.39, 0.29) is 29.5 Å². The number of anilines is 3. The topological polar surface area (TPSA) is 127 Å². The van der Waals surface area contributed by atoms with Crippen LogP contribution in [0.15, 0.2) is 53.2 Å². The van der Waals surface area contributed by atoms with Gasteiger partial charge in [-0.05, 0) is 76.8 Å². The lowest BCUT2D eigenvalue weighted by Crippen LogP contribution is -2.32. The summed E-state index contributed by atoms with van der Waals surface area (Å²) < 4.78 is 13.1. The van der Waals surface area contributed by atoms with E-state index in [0.717, 1.165) is 29.8 Å². The Hall–Kier alpha value is -3.84. The monoisotopic (exact) mass is 537 g/mol. The highest BCUT2D eigenvalue weighted by Gasteiger charge is 2.38. The van der Waals surface area contributed by atoms with E-state index in [1.54, 1.807) is 44.2 Å². The highest BCUT2D eigenvalue weighted by Crippen LogP contribution is 2.43. The molecule has 0 radical (unpaired) electrons. The number of halogens is 1. The van der Waals surface area contributed by atoms with Crippen molar-refractivity contribution in [2.24, 2.45) is 11.1 Å². The number of hydrogen-bond acceptors (Lipinski definition) is 8.